The number of alkyl halides is 3. The van der Waals surface area contributed by atoms with Gasteiger partial charge >= 0.3 is 6.18 Å². The molecule has 0 spiro atoms. The zero-order valence-corrected chi connectivity index (χ0v) is 7.02. The van der Waals surface area contributed by atoms with Gasteiger partial charge in [0, 0.05) is 0 Å². The van der Waals surface area contributed by atoms with Gasteiger partial charge in [0.05, 0.1) is 4.88 Å². The lowest BCUT2D eigenvalue weighted by molar-refractivity contribution is -0.186. The molecule has 0 saturated carbocycles. The highest BCUT2D eigenvalue weighted by atomic mass is 32.1. The smallest absolute Gasteiger partial charge is 0.377 e. The first-order valence-corrected chi connectivity index (χ1v) is 4.13. The van der Waals surface area contributed by atoms with Crippen LogP contribution in [-0.2, 0) is 0 Å². The normalized spacial score (nSPS) is 14.2. The monoisotopic (exact) mass is 210 g/mol. The molecule has 2 nitrogen and oxygen atoms in total. The molecule has 6 heteroatoms. The van der Waals surface area contributed by atoms with Crippen molar-refractivity contribution in [3.8, 4) is 0 Å². The van der Waals surface area contributed by atoms with Crippen molar-refractivity contribution in [2.45, 2.75) is 12.3 Å². The van der Waals surface area contributed by atoms with Crippen LogP contribution in [0.25, 0.3) is 0 Å². The van der Waals surface area contributed by atoms with E-state index in [2.05, 4.69) is 0 Å². The Morgan fingerprint density at radius 3 is 2.54 bits per heavy atom. The summed E-state index contributed by atoms with van der Waals surface area (Å²) in [4.78, 5) is 10.8. The highest BCUT2D eigenvalue weighted by molar-refractivity contribution is 7.12. The predicted molar refractivity (Wildman–Crippen MR) is 40.7 cm³/mol. The van der Waals surface area contributed by atoms with E-state index in [1.165, 1.54) is 17.5 Å². The van der Waals surface area contributed by atoms with Crippen LogP contribution < -0.4 is 0 Å². The molecule has 1 aromatic heterocycles. The van der Waals surface area contributed by atoms with Crippen molar-refractivity contribution in [1.29, 1.82) is 0 Å². The SMILES string of the molecule is O=C(c1cccs1)C(O)C(F)(F)F. The van der Waals surface area contributed by atoms with Crippen LogP contribution in [0.1, 0.15) is 9.67 Å². The molecule has 1 aromatic rings. The maximum atomic E-state index is 11.8. The van der Waals surface area contributed by atoms with Crippen molar-refractivity contribution in [2.24, 2.45) is 0 Å². The maximum absolute atomic E-state index is 11.8. The topological polar surface area (TPSA) is 37.3 Å². The molecule has 0 amide bonds. The van der Waals surface area contributed by atoms with E-state index < -0.39 is 18.1 Å². The number of aliphatic hydroxyl groups is 1. The summed E-state index contributed by atoms with van der Waals surface area (Å²) >= 11 is 0.866. The number of halogens is 3. The average Bonchev–Trinajstić information content (AvgIpc) is 2.51. The van der Waals surface area contributed by atoms with E-state index in [-0.39, 0.29) is 4.88 Å². The van der Waals surface area contributed by atoms with Crippen LogP contribution in [0, 0.1) is 0 Å². The fraction of sp³-hybridized carbons (Fsp3) is 0.286. The van der Waals surface area contributed by atoms with E-state index in [0.717, 1.165) is 11.3 Å². The van der Waals surface area contributed by atoms with Crippen LogP contribution in [0.15, 0.2) is 17.5 Å². The molecular formula is C7H5F3O2S. The van der Waals surface area contributed by atoms with Gasteiger partial charge in [0.1, 0.15) is 0 Å². The first-order valence-electron chi connectivity index (χ1n) is 3.25. The Morgan fingerprint density at radius 2 is 2.15 bits per heavy atom. The minimum Gasteiger partial charge on any atom is -0.377 e. The van der Waals surface area contributed by atoms with E-state index in [1.54, 1.807) is 0 Å². The van der Waals surface area contributed by atoms with Gasteiger partial charge in [-0.25, -0.2) is 0 Å². The molecule has 0 bridgehead atoms. The quantitative estimate of drug-likeness (QED) is 0.756. The second kappa shape index (κ2) is 3.47. The van der Waals surface area contributed by atoms with E-state index >= 15 is 0 Å². The molecule has 1 rings (SSSR count). The number of hydrogen-bond donors (Lipinski definition) is 1. The second-order valence-corrected chi connectivity index (χ2v) is 3.23. The lowest BCUT2D eigenvalue weighted by Crippen LogP contribution is -2.35. The number of ketones is 1. The summed E-state index contributed by atoms with van der Waals surface area (Å²) in [5.74, 6) is -1.30. The van der Waals surface area contributed by atoms with E-state index in [4.69, 9.17) is 5.11 Å². The lowest BCUT2D eigenvalue weighted by atomic mass is 10.2. The number of hydrogen-bond acceptors (Lipinski definition) is 3. The third-order valence-corrected chi connectivity index (χ3v) is 2.21. The van der Waals surface area contributed by atoms with Crippen molar-refractivity contribution in [1.82, 2.24) is 0 Å². The third kappa shape index (κ3) is 2.28. The van der Waals surface area contributed by atoms with Gasteiger partial charge in [-0.05, 0) is 11.4 Å². The van der Waals surface area contributed by atoms with Crippen LogP contribution in [0.2, 0.25) is 0 Å². The largest absolute Gasteiger partial charge is 0.421 e. The molecule has 0 aliphatic carbocycles. The Hall–Kier alpha value is -0.880. The Morgan fingerprint density at radius 1 is 1.54 bits per heavy atom. The fourth-order valence-electron chi connectivity index (χ4n) is 0.702. The fourth-order valence-corrected chi connectivity index (χ4v) is 1.39. The molecule has 0 radical (unpaired) electrons. The van der Waals surface area contributed by atoms with Crippen molar-refractivity contribution < 1.29 is 23.1 Å². The third-order valence-electron chi connectivity index (χ3n) is 1.32. The summed E-state index contributed by atoms with van der Waals surface area (Å²) in [5, 5.41) is 10.0. The van der Waals surface area contributed by atoms with Gasteiger partial charge in [0.2, 0.25) is 11.9 Å². The lowest BCUT2D eigenvalue weighted by Gasteiger charge is -2.11. The first-order chi connectivity index (χ1) is 5.93. The minimum absolute atomic E-state index is 0.0928. The van der Waals surface area contributed by atoms with Crippen molar-refractivity contribution in [3.05, 3.63) is 22.4 Å². The van der Waals surface area contributed by atoms with E-state index in [1.807, 2.05) is 0 Å². The van der Waals surface area contributed by atoms with Crippen molar-refractivity contribution in [3.63, 3.8) is 0 Å². The molecule has 72 valence electrons. The zero-order valence-electron chi connectivity index (χ0n) is 6.21. The van der Waals surface area contributed by atoms with Crippen LogP contribution in [0.3, 0.4) is 0 Å². The molecular weight excluding hydrogens is 205 g/mol. The number of carbonyl (C=O) groups excluding carboxylic acids is 1. The molecule has 0 aliphatic rings. The molecule has 13 heavy (non-hydrogen) atoms. The van der Waals surface area contributed by atoms with Crippen LogP contribution >= 0.6 is 11.3 Å². The summed E-state index contributed by atoms with van der Waals surface area (Å²) < 4.78 is 35.5. The Labute approximate surface area is 75.6 Å². The van der Waals surface area contributed by atoms with Gasteiger partial charge in [-0.15, -0.1) is 11.3 Å². The van der Waals surface area contributed by atoms with E-state index in [9.17, 15) is 18.0 Å². The van der Waals surface area contributed by atoms with Gasteiger partial charge in [0.15, 0.2) is 0 Å². The summed E-state index contributed by atoms with van der Waals surface area (Å²) in [6.07, 6.45) is -7.80. The molecule has 1 unspecified atom stereocenters. The second-order valence-electron chi connectivity index (χ2n) is 2.29. The summed E-state index contributed by atoms with van der Waals surface area (Å²) in [5.41, 5.74) is 0. The van der Waals surface area contributed by atoms with Crippen molar-refractivity contribution in [2.75, 3.05) is 0 Å². The van der Waals surface area contributed by atoms with Gasteiger partial charge in [-0.2, -0.15) is 13.2 Å². The summed E-state index contributed by atoms with van der Waals surface area (Å²) in [6.45, 7) is 0. The van der Waals surface area contributed by atoms with Gasteiger partial charge in [-0.3, -0.25) is 4.79 Å². The number of thiophene rings is 1. The Bertz CT molecular complexity index is 291. The molecule has 0 saturated heterocycles. The van der Waals surface area contributed by atoms with Gasteiger partial charge in [-0.1, -0.05) is 6.07 Å². The molecule has 0 aliphatic heterocycles. The van der Waals surface area contributed by atoms with Crippen molar-refractivity contribution >= 4 is 17.1 Å². The van der Waals surface area contributed by atoms with Gasteiger partial charge < -0.3 is 5.11 Å². The molecule has 1 atom stereocenters. The molecule has 1 heterocycles. The Balaban J connectivity index is 2.81. The molecule has 0 aromatic carbocycles. The summed E-state index contributed by atoms with van der Waals surface area (Å²) in [6, 6.07) is 2.68. The van der Waals surface area contributed by atoms with Gasteiger partial charge in [0.25, 0.3) is 0 Å². The molecule has 0 fully saturated rings. The van der Waals surface area contributed by atoms with Crippen LogP contribution in [-0.4, -0.2) is 23.2 Å². The minimum atomic E-state index is -4.89. The number of carbonyl (C=O) groups is 1. The molecule has 1 N–H and O–H groups in total. The van der Waals surface area contributed by atoms with E-state index in [0.29, 0.717) is 0 Å². The standard InChI is InChI=1S/C7H5F3O2S/c8-7(9,10)6(12)5(11)4-2-1-3-13-4/h1-3,6,12H. The average molecular weight is 210 g/mol. The highest BCUT2D eigenvalue weighted by Gasteiger charge is 2.43. The van der Waals surface area contributed by atoms with Crippen LogP contribution in [0.5, 0.6) is 0 Å². The Kier molecular flexibility index (Phi) is 2.72. The number of rotatable bonds is 2. The number of aliphatic hydroxyl groups excluding tert-OH is 1. The predicted octanol–water partition coefficient (Wildman–Crippen LogP) is 1.85. The number of Topliss-reactive ketones (excluding diaryl/α,β-unsaturated/α-hetero) is 1. The van der Waals surface area contributed by atoms with Crippen LogP contribution in [0.4, 0.5) is 13.2 Å². The summed E-state index contributed by atoms with van der Waals surface area (Å²) in [7, 11) is 0. The highest BCUT2D eigenvalue weighted by Crippen LogP contribution is 2.24. The first kappa shape index (κ1) is 10.2. The maximum Gasteiger partial charge on any atom is 0.421 e. The zero-order chi connectivity index (χ0) is 10.1.